The first kappa shape index (κ1) is 16.4. The summed E-state index contributed by atoms with van der Waals surface area (Å²) in [6.07, 6.45) is 2.48. The average Bonchev–Trinajstić information content (AvgIpc) is 2.45. The molecule has 1 rings (SSSR count). The molecule has 0 saturated heterocycles. The van der Waals surface area contributed by atoms with Crippen molar-refractivity contribution in [3.05, 3.63) is 18.3 Å². The molecular weight excluding hydrogens is 280 g/mol. The summed E-state index contributed by atoms with van der Waals surface area (Å²) in [7, 11) is -2.18. The fourth-order valence-electron chi connectivity index (χ4n) is 1.49. The van der Waals surface area contributed by atoms with Gasteiger partial charge >= 0.3 is 0 Å². The average molecular weight is 300 g/mol. The Labute approximate surface area is 119 Å². The van der Waals surface area contributed by atoms with Crippen LogP contribution in [0.1, 0.15) is 19.8 Å². The number of amides is 1. The molecule has 1 aromatic rings. The van der Waals surface area contributed by atoms with E-state index >= 15 is 0 Å². The smallest absolute Gasteiger partial charge is 0.244 e. The maximum absolute atomic E-state index is 12.2. The number of pyridine rings is 1. The van der Waals surface area contributed by atoms with E-state index in [4.69, 9.17) is 0 Å². The van der Waals surface area contributed by atoms with Gasteiger partial charge in [-0.2, -0.15) is 0 Å². The number of aromatic nitrogens is 1. The number of rotatable bonds is 8. The van der Waals surface area contributed by atoms with Crippen molar-refractivity contribution in [2.45, 2.75) is 24.7 Å². The number of hydrogen-bond donors (Lipinski definition) is 3. The van der Waals surface area contributed by atoms with Crippen molar-refractivity contribution < 1.29 is 13.2 Å². The summed E-state index contributed by atoms with van der Waals surface area (Å²) in [5.41, 5.74) is 0. The topological polar surface area (TPSA) is 100 Å². The number of hydrogen-bond acceptors (Lipinski definition) is 5. The van der Waals surface area contributed by atoms with Gasteiger partial charge < -0.3 is 10.6 Å². The monoisotopic (exact) mass is 300 g/mol. The van der Waals surface area contributed by atoms with Gasteiger partial charge in [0.15, 0.2) is 0 Å². The fourth-order valence-corrected chi connectivity index (χ4v) is 2.65. The lowest BCUT2D eigenvalue weighted by atomic mass is 10.4. The minimum absolute atomic E-state index is 0.0458. The SMILES string of the molecule is CCCNc1ncccc1S(=O)(=O)NCCC(=O)NC. The molecule has 0 aliphatic heterocycles. The Balaban J connectivity index is 2.78. The van der Waals surface area contributed by atoms with Crippen LogP contribution in [0, 0.1) is 0 Å². The lowest BCUT2D eigenvalue weighted by Crippen LogP contribution is -2.30. The van der Waals surface area contributed by atoms with Gasteiger partial charge in [-0.25, -0.2) is 18.1 Å². The van der Waals surface area contributed by atoms with Crippen LogP contribution in [0.4, 0.5) is 5.82 Å². The normalized spacial score (nSPS) is 11.1. The summed E-state index contributed by atoms with van der Waals surface area (Å²) >= 11 is 0. The molecule has 112 valence electrons. The summed E-state index contributed by atoms with van der Waals surface area (Å²) in [4.78, 5) is 15.2. The molecule has 0 unspecified atom stereocenters. The van der Waals surface area contributed by atoms with E-state index in [-0.39, 0.29) is 23.8 Å². The van der Waals surface area contributed by atoms with E-state index in [0.29, 0.717) is 12.4 Å². The van der Waals surface area contributed by atoms with Crippen molar-refractivity contribution in [3.8, 4) is 0 Å². The van der Waals surface area contributed by atoms with Crippen molar-refractivity contribution in [1.82, 2.24) is 15.0 Å². The molecular formula is C12H20N4O3S. The first-order chi connectivity index (χ1) is 9.51. The molecule has 0 atom stereocenters. The fraction of sp³-hybridized carbons (Fsp3) is 0.500. The van der Waals surface area contributed by atoms with Gasteiger partial charge in [0.25, 0.3) is 0 Å². The molecule has 0 fully saturated rings. The molecule has 1 heterocycles. The third-order valence-electron chi connectivity index (χ3n) is 2.53. The highest BCUT2D eigenvalue weighted by Gasteiger charge is 2.18. The number of carbonyl (C=O) groups excluding carboxylic acids is 1. The molecule has 0 saturated carbocycles. The molecule has 0 bridgehead atoms. The number of sulfonamides is 1. The molecule has 0 aromatic carbocycles. The summed E-state index contributed by atoms with van der Waals surface area (Å²) in [6.45, 7) is 2.66. The van der Waals surface area contributed by atoms with Crippen molar-refractivity contribution in [3.63, 3.8) is 0 Å². The summed E-state index contributed by atoms with van der Waals surface area (Å²) in [5.74, 6) is 0.102. The Morgan fingerprint density at radius 3 is 2.75 bits per heavy atom. The predicted molar refractivity (Wildman–Crippen MR) is 76.9 cm³/mol. The van der Waals surface area contributed by atoms with Crippen molar-refractivity contribution in [2.75, 3.05) is 25.5 Å². The van der Waals surface area contributed by atoms with Gasteiger partial charge in [0.1, 0.15) is 10.7 Å². The van der Waals surface area contributed by atoms with Crippen molar-refractivity contribution in [2.24, 2.45) is 0 Å². The molecule has 0 aliphatic carbocycles. The largest absolute Gasteiger partial charge is 0.369 e. The van der Waals surface area contributed by atoms with Gasteiger partial charge in [0.05, 0.1) is 0 Å². The predicted octanol–water partition coefficient (Wildman–Crippen LogP) is 0.318. The Morgan fingerprint density at radius 2 is 2.10 bits per heavy atom. The Bertz CT molecular complexity index is 545. The zero-order chi connectivity index (χ0) is 15.0. The third-order valence-corrected chi connectivity index (χ3v) is 4.02. The van der Waals surface area contributed by atoms with Gasteiger partial charge in [-0.05, 0) is 18.6 Å². The second kappa shape index (κ2) is 7.81. The zero-order valence-electron chi connectivity index (χ0n) is 11.6. The van der Waals surface area contributed by atoms with E-state index in [2.05, 4.69) is 20.3 Å². The van der Waals surface area contributed by atoms with Gasteiger partial charge in [-0.1, -0.05) is 6.92 Å². The molecule has 1 amide bonds. The highest BCUT2D eigenvalue weighted by Crippen LogP contribution is 2.17. The van der Waals surface area contributed by atoms with Crippen LogP contribution >= 0.6 is 0 Å². The van der Waals surface area contributed by atoms with E-state index in [1.807, 2.05) is 6.92 Å². The van der Waals surface area contributed by atoms with Crippen molar-refractivity contribution in [1.29, 1.82) is 0 Å². The molecule has 0 aliphatic rings. The van der Waals surface area contributed by atoms with Crippen molar-refractivity contribution >= 4 is 21.7 Å². The van der Waals surface area contributed by atoms with E-state index in [0.717, 1.165) is 6.42 Å². The van der Waals surface area contributed by atoms with Crippen LogP contribution in [-0.2, 0) is 14.8 Å². The first-order valence-electron chi connectivity index (χ1n) is 6.40. The van der Waals surface area contributed by atoms with E-state index in [1.54, 1.807) is 6.07 Å². The van der Waals surface area contributed by atoms with Crippen LogP contribution in [0.3, 0.4) is 0 Å². The molecule has 3 N–H and O–H groups in total. The van der Waals surface area contributed by atoms with Crippen LogP contribution in [0.15, 0.2) is 23.2 Å². The Morgan fingerprint density at radius 1 is 1.35 bits per heavy atom. The van der Waals surface area contributed by atoms with Crippen LogP contribution in [0.25, 0.3) is 0 Å². The van der Waals surface area contributed by atoms with Gasteiger partial charge in [-0.3, -0.25) is 4.79 Å². The zero-order valence-corrected chi connectivity index (χ0v) is 12.5. The van der Waals surface area contributed by atoms with Gasteiger partial charge in [-0.15, -0.1) is 0 Å². The minimum atomic E-state index is -3.68. The number of anilines is 1. The Hall–Kier alpha value is -1.67. The molecule has 0 radical (unpaired) electrons. The van der Waals surface area contributed by atoms with E-state index in [9.17, 15) is 13.2 Å². The van der Waals surface area contributed by atoms with Crippen LogP contribution in [0.5, 0.6) is 0 Å². The van der Waals surface area contributed by atoms with E-state index in [1.165, 1.54) is 19.3 Å². The molecule has 0 spiro atoms. The number of carbonyl (C=O) groups is 1. The molecule has 7 nitrogen and oxygen atoms in total. The second-order valence-corrected chi connectivity index (χ2v) is 5.83. The quantitative estimate of drug-likeness (QED) is 0.642. The van der Waals surface area contributed by atoms with Crippen LogP contribution in [-0.4, -0.2) is 39.4 Å². The number of nitrogens with one attached hydrogen (secondary N) is 3. The minimum Gasteiger partial charge on any atom is -0.369 e. The second-order valence-electron chi connectivity index (χ2n) is 4.10. The molecule has 1 aromatic heterocycles. The molecule has 8 heteroatoms. The lowest BCUT2D eigenvalue weighted by Gasteiger charge is -2.11. The maximum atomic E-state index is 12.2. The van der Waals surface area contributed by atoms with Gasteiger partial charge in [0, 0.05) is 32.8 Å². The summed E-state index contributed by atoms with van der Waals surface area (Å²) < 4.78 is 26.7. The third kappa shape index (κ3) is 4.78. The first-order valence-corrected chi connectivity index (χ1v) is 7.88. The highest BCUT2D eigenvalue weighted by atomic mass is 32.2. The van der Waals surface area contributed by atoms with Crippen LogP contribution < -0.4 is 15.4 Å². The van der Waals surface area contributed by atoms with Gasteiger partial charge in [0.2, 0.25) is 15.9 Å². The maximum Gasteiger partial charge on any atom is 0.244 e. The summed E-state index contributed by atoms with van der Waals surface area (Å²) in [5, 5.41) is 5.40. The van der Waals surface area contributed by atoms with Crippen LogP contribution in [0.2, 0.25) is 0 Å². The standard InChI is InChI=1S/C12H20N4O3S/c1-3-7-14-12-10(5-4-8-15-12)20(18,19)16-9-6-11(17)13-2/h4-5,8,16H,3,6-7,9H2,1-2H3,(H,13,17)(H,14,15). The Kier molecular flexibility index (Phi) is 6.40. The summed E-state index contributed by atoms with van der Waals surface area (Å²) in [6, 6.07) is 3.04. The highest BCUT2D eigenvalue weighted by molar-refractivity contribution is 7.89. The molecule has 20 heavy (non-hydrogen) atoms. The number of nitrogens with zero attached hydrogens (tertiary/aromatic N) is 1. The van der Waals surface area contributed by atoms with E-state index < -0.39 is 10.0 Å². The lowest BCUT2D eigenvalue weighted by molar-refractivity contribution is -0.120.